The van der Waals surface area contributed by atoms with Crippen molar-refractivity contribution in [3.63, 3.8) is 0 Å². The Hall–Kier alpha value is -3.47. The van der Waals surface area contributed by atoms with Gasteiger partial charge in [-0.2, -0.15) is 0 Å². The topological polar surface area (TPSA) is 138 Å². The molecule has 2 aromatic carbocycles. The van der Waals surface area contributed by atoms with Crippen molar-refractivity contribution in [2.24, 2.45) is 22.9 Å². The highest BCUT2D eigenvalue weighted by molar-refractivity contribution is 5.89. The second kappa shape index (κ2) is 14.6. The molecule has 226 valence electrons. The van der Waals surface area contributed by atoms with E-state index in [0.717, 1.165) is 5.56 Å². The van der Waals surface area contributed by atoms with Gasteiger partial charge in [-0.3, -0.25) is 0 Å². The summed E-state index contributed by atoms with van der Waals surface area (Å²) in [6.45, 7) is 7.97. The van der Waals surface area contributed by atoms with E-state index < -0.39 is 54.8 Å². The summed E-state index contributed by atoms with van der Waals surface area (Å²) in [4.78, 5) is 28.5. The molecule has 2 aromatic rings. The number of azide groups is 1. The first-order valence-electron chi connectivity index (χ1n) is 14.2. The summed E-state index contributed by atoms with van der Waals surface area (Å²) in [5.41, 5.74) is 10.8. The first-order valence-corrected chi connectivity index (χ1v) is 14.2. The van der Waals surface area contributed by atoms with Crippen LogP contribution in [0.4, 0.5) is 0 Å². The van der Waals surface area contributed by atoms with Crippen LogP contribution in [-0.4, -0.2) is 68.5 Å². The van der Waals surface area contributed by atoms with Crippen molar-refractivity contribution in [1.29, 1.82) is 0 Å². The lowest BCUT2D eigenvalue weighted by Crippen LogP contribution is -2.60. The summed E-state index contributed by atoms with van der Waals surface area (Å²) in [6, 6.07) is 17.7. The van der Waals surface area contributed by atoms with Gasteiger partial charge in [0, 0.05) is 10.8 Å². The van der Waals surface area contributed by atoms with Crippen LogP contribution in [0.2, 0.25) is 0 Å². The molecule has 11 nitrogen and oxygen atoms in total. The van der Waals surface area contributed by atoms with E-state index in [1.807, 2.05) is 64.1 Å². The van der Waals surface area contributed by atoms with E-state index in [1.54, 1.807) is 24.3 Å². The Morgan fingerprint density at radius 1 is 0.905 bits per heavy atom. The van der Waals surface area contributed by atoms with Crippen LogP contribution >= 0.6 is 0 Å². The minimum Gasteiger partial charge on any atom is -0.467 e. The summed E-state index contributed by atoms with van der Waals surface area (Å²) in [6.07, 6.45) is -4.35. The molecule has 11 heteroatoms. The van der Waals surface area contributed by atoms with Gasteiger partial charge in [0.1, 0.15) is 12.7 Å². The van der Waals surface area contributed by atoms with E-state index in [4.69, 9.17) is 28.4 Å². The first-order chi connectivity index (χ1) is 20.2. The van der Waals surface area contributed by atoms with Crippen LogP contribution in [-0.2, 0) is 39.8 Å². The Morgan fingerprint density at radius 2 is 1.57 bits per heavy atom. The Kier molecular flexibility index (Phi) is 11.0. The molecule has 0 aromatic heterocycles. The Morgan fingerprint density at radius 3 is 2.21 bits per heavy atom. The van der Waals surface area contributed by atoms with Crippen molar-refractivity contribution in [3.05, 3.63) is 82.2 Å². The van der Waals surface area contributed by atoms with Crippen LogP contribution in [0.3, 0.4) is 0 Å². The molecular formula is C31H39N3O8. The number of methoxy groups -OCH3 is 1. The van der Waals surface area contributed by atoms with Crippen LogP contribution in [0.1, 0.15) is 43.6 Å². The minimum atomic E-state index is -1.06. The van der Waals surface area contributed by atoms with Crippen LogP contribution < -0.4 is 0 Å². The average molecular weight is 582 g/mol. The number of carbonyl (C=O) groups is 2. The second-order valence-electron chi connectivity index (χ2n) is 10.9. The second-order valence-corrected chi connectivity index (χ2v) is 10.9. The molecule has 4 rings (SSSR count). The third-order valence-corrected chi connectivity index (χ3v) is 8.28. The van der Waals surface area contributed by atoms with E-state index in [1.165, 1.54) is 7.11 Å². The van der Waals surface area contributed by atoms with Crippen LogP contribution in [0.5, 0.6) is 0 Å². The highest BCUT2D eigenvalue weighted by Gasteiger charge is 2.51. The van der Waals surface area contributed by atoms with Crippen molar-refractivity contribution >= 4 is 11.9 Å². The van der Waals surface area contributed by atoms with Crippen molar-refractivity contribution in [3.8, 4) is 0 Å². The number of hydrogen-bond donors (Lipinski definition) is 0. The molecule has 2 aliphatic heterocycles. The highest BCUT2D eigenvalue weighted by atomic mass is 16.7. The Balaban J connectivity index is 1.53. The van der Waals surface area contributed by atoms with Gasteiger partial charge in [0.25, 0.3) is 0 Å². The van der Waals surface area contributed by atoms with Gasteiger partial charge < -0.3 is 28.4 Å². The smallest absolute Gasteiger partial charge is 0.338 e. The molecule has 2 aliphatic rings. The predicted molar refractivity (Wildman–Crippen MR) is 152 cm³/mol. The number of nitrogens with zero attached hydrogens (tertiary/aromatic N) is 3. The molecule has 42 heavy (non-hydrogen) atoms. The molecule has 0 spiro atoms. The van der Waals surface area contributed by atoms with E-state index in [-0.39, 0.29) is 24.4 Å². The normalized spacial score (nSPS) is 32.8. The third-order valence-electron chi connectivity index (χ3n) is 8.28. The predicted octanol–water partition coefficient (Wildman–Crippen LogP) is 5.09. The summed E-state index contributed by atoms with van der Waals surface area (Å²) < 4.78 is 35.8. The molecular weight excluding hydrogens is 542 g/mol. The molecule has 0 radical (unpaired) electrons. The fraction of sp³-hybridized carbons (Fsp3) is 0.548. The first kappa shape index (κ1) is 31.5. The zero-order valence-electron chi connectivity index (χ0n) is 24.6. The van der Waals surface area contributed by atoms with Gasteiger partial charge in [-0.15, -0.1) is 0 Å². The quantitative estimate of drug-likeness (QED) is 0.164. The lowest BCUT2D eigenvalue weighted by molar-refractivity contribution is -0.298. The molecule has 0 saturated carbocycles. The van der Waals surface area contributed by atoms with E-state index in [0.29, 0.717) is 12.2 Å². The summed E-state index contributed by atoms with van der Waals surface area (Å²) in [7, 11) is 1.29. The number of ether oxygens (including phenoxy) is 6. The highest BCUT2D eigenvalue weighted by Crippen LogP contribution is 2.38. The maximum Gasteiger partial charge on any atom is 0.338 e. The van der Waals surface area contributed by atoms with E-state index >= 15 is 0 Å². The van der Waals surface area contributed by atoms with E-state index in [2.05, 4.69) is 10.0 Å². The number of esters is 2. The maximum atomic E-state index is 12.8. The average Bonchev–Trinajstić information content (AvgIpc) is 3.01. The fourth-order valence-electron chi connectivity index (χ4n) is 5.60. The summed E-state index contributed by atoms with van der Waals surface area (Å²) in [5, 5.41) is 4.00. The molecule has 2 fully saturated rings. The molecule has 0 N–H and O–H groups in total. The van der Waals surface area contributed by atoms with Crippen LogP contribution in [0.25, 0.3) is 10.4 Å². The number of hydrogen-bond acceptors (Lipinski definition) is 9. The maximum absolute atomic E-state index is 12.8. The molecule has 10 atom stereocenters. The number of benzene rings is 2. The Bertz CT molecular complexity index is 1230. The lowest BCUT2D eigenvalue weighted by atomic mass is 9.82. The van der Waals surface area contributed by atoms with Gasteiger partial charge in [0.15, 0.2) is 12.4 Å². The minimum absolute atomic E-state index is 0.0287. The monoisotopic (exact) mass is 581 g/mol. The van der Waals surface area contributed by atoms with Gasteiger partial charge in [-0.05, 0) is 42.0 Å². The Labute approximate surface area is 246 Å². The van der Waals surface area contributed by atoms with Gasteiger partial charge in [0.05, 0.1) is 43.6 Å². The SMILES string of the molecule is COC(=O)C1OC(C)C(OCc2ccccc2)[C@@H](C)[C@@H]1O[C@@H]1OC(COC(=O)c2ccccc2)[C@@H](C)[C@H](C)C1N=[N+]=[N-]. The van der Waals surface area contributed by atoms with Gasteiger partial charge in [0.2, 0.25) is 0 Å². The van der Waals surface area contributed by atoms with Gasteiger partial charge in [-0.1, -0.05) is 74.4 Å². The lowest BCUT2D eigenvalue weighted by Gasteiger charge is -2.48. The van der Waals surface area contributed by atoms with E-state index in [9.17, 15) is 15.1 Å². The largest absolute Gasteiger partial charge is 0.467 e. The van der Waals surface area contributed by atoms with Crippen molar-refractivity contribution in [2.45, 2.75) is 77.2 Å². The zero-order chi connectivity index (χ0) is 30.2. The molecule has 0 aliphatic carbocycles. The summed E-state index contributed by atoms with van der Waals surface area (Å²) >= 11 is 0. The molecule has 5 unspecified atom stereocenters. The standard InChI is InChI=1S/C31H39N3O8/c1-18-19(2)25(33-34-32)31(41-24(18)17-39-29(35)23-14-10-7-11-15-23)42-27-20(3)26(21(4)40-28(27)30(36)37-5)38-16-22-12-8-6-9-13-22/h6-15,18-21,24-28,31H,16-17H2,1-5H3/t18-,19-,20+,21?,24?,25?,26?,27-,28?,31-/m0/s1. The van der Waals surface area contributed by atoms with Crippen molar-refractivity contribution in [1.82, 2.24) is 0 Å². The van der Waals surface area contributed by atoms with Crippen molar-refractivity contribution < 1.29 is 38.0 Å². The third kappa shape index (κ3) is 7.29. The van der Waals surface area contributed by atoms with Crippen LogP contribution in [0.15, 0.2) is 65.8 Å². The molecule has 2 heterocycles. The van der Waals surface area contributed by atoms with Gasteiger partial charge >= 0.3 is 11.9 Å². The van der Waals surface area contributed by atoms with Gasteiger partial charge in [-0.25, -0.2) is 9.59 Å². The zero-order valence-corrected chi connectivity index (χ0v) is 24.6. The summed E-state index contributed by atoms with van der Waals surface area (Å²) in [5.74, 6) is -1.73. The molecule has 0 amide bonds. The van der Waals surface area contributed by atoms with Crippen LogP contribution in [0, 0.1) is 17.8 Å². The number of rotatable bonds is 10. The molecule has 2 saturated heterocycles. The van der Waals surface area contributed by atoms with Crippen molar-refractivity contribution in [2.75, 3.05) is 13.7 Å². The fourth-order valence-corrected chi connectivity index (χ4v) is 5.60. The molecule has 0 bridgehead atoms. The number of carbonyl (C=O) groups excluding carboxylic acids is 2.